The molecule has 130 valence electrons. The monoisotopic (exact) mass is 357 g/mol. The summed E-state index contributed by atoms with van der Waals surface area (Å²) in [5.41, 5.74) is 4.06. The van der Waals surface area contributed by atoms with Crippen molar-refractivity contribution in [2.75, 3.05) is 11.0 Å². The van der Waals surface area contributed by atoms with E-state index in [-0.39, 0.29) is 0 Å². The molecule has 0 amide bonds. The van der Waals surface area contributed by atoms with E-state index in [4.69, 9.17) is 0 Å². The van der Waals surface area contributed by atoms with E-state index in [1.165, 1.54) is 0 Å². The van der Waals surface area contributed by atoms with Crippen LogP contribution in [0.15, 0.2) is 48.8 Å². The highest BCUT2D eigenvalue weighted by molar-refractivity contribution is 7.92. The van der Waals surface area contributed by atoms with Gasteiger partial charge in [0.05, 0.1) is 18.1 Å². The molecule has 2 aromatic heterocycles. The van der Waals surface area contributed by atoms with Gasteiger partial charge < -0.3 is 0 Å². The Morgan fingerprint density at radius 1 is 1.16 bits per heavy atom. The highest BCUT2D eigenvalue weighted by atomic mass is 32.2. The van der Waals surface area contributed by atoms with Crippen molar-refractivity contribution in [2.45, 2.75) is 19.8 Å². The lowest BCUT2D eigenvalue weighted by atomic mass is 10.1. The maximum Gasteiger partial charge on any atom is 0.229 e. The number of pyridine rings is 1. The third kappa shape index (κ3) is 4.42. The van der Waals surface area contributed by atoms with E-state index in [0.29, 0.717) is 5.69 Å². The van der Waals surface area contributed by atoms with Gasteiger partial charge in [-0.05, 0) is 42.8 Å². The van der Waals surface area contributed by atoms with Crippen LogP contribution < -0.4 is 4.72 Å². The van der Waals surface area contributed by atoms with E-state index in [2.05, 4.69) is 26.9 Å². The molecule has 3 rings (SSSR count). The molecule has 0 spiro atoms. The highest BCUT2D eigenvalue weighted by Crippen LogP contribution is 2.19. The average molecular weight is 357 g/mol. The predicted molar refractivity (Wildman–Crippen MR) is 97.1 cm³/mol. The lowest BCUT2D eigenvalue weighted by Gasteiger charge is -2.05. The van der Waals surface area contributed by atoms with Crippen molar-refractivity contribution >= 4 is 15.7 Å². The molecule has 0 aliphatic heterocycles. The lowest BCUT2D eigenvalue weighted by Crippen LogP contribution is -2.09. The molecule has 1 N–H and O–H groups in total. The van der Waals surface area contributed by atoms with Crippen LogP contribution in [0.4, 0.5) is 5.69 Å². The van der Waals surface area contributed by atoms with Gasteiger partial charge in [-0.25, -0.2) is 13.1 Å². The zero-order valence-electron chi connectivity index (χ0n) is 14.0. The van der Waals surface area contributed by atoms with Crippen LogP contribution in [0, 0.1) is 0 Å². The normalized spacial score (nSPS) is 11.4. The van der Waals surface area contributed by atoms with E-state index in [1.54, 1.807) is 35.1 Å². The fourth-order valence-electron chi connectivity index (χ4n) is 2.45. The van der Waals surface area contributed by atoms with E-state index >= 15 is 0 Å². The fourth-order valence-corrected chi connectivity index (χ4v) is 3.01. The van der Waals surface area contributed by atoms with Crippen molar-refractivity contribution in [3.63, 3.8) is 0 Å². The van der Waals surface area contributed by atoms with E-state index < -0.39 is 10.0 Å². The summed E-state index contributed by atoms with van der Waals surface area (Å²) in [6, 6.07) is 10.9. The smallest absolute Gasteiger partial charge is 0.229 e. The minimum atomic E-state index is -3.29. The van der Waals surface area contributed by atoms with Gasteiger partial charge in [-0.15, -0.1) is 5.10 Å². The molecule has 0 aliphatic rings. The molecular formula is C17H19N5O2S. The zero-order valence-corrected chi connectivity index (χ0v) is 14.9. The van der Waals surface area contributed by atoms with Gasteiger partial charge in [-0.2, -0.15) is 0 Å². The fraction of sp³-hybridized carbons (Fsp3) is 0.235. The van der Waals surface area contributed by atoms with Crippen molar-refractivity contribution in [1.82, 2.24) is 20.0 Å². The van der Waals surface area contributed by atoms with Crippen LogP contribution in [-0.4, -0.2) is 34.7 Å². The van der Waals surface area contributed by atoms with Gasteiger partial charge in [-0.1, -0.05) is 18.6 Å². The second-order valence-electron chi connectivity index (χ2n) is 5.76. The Hall–Kier alpha value is -2.74. The van der Waals surface area contributed by atoms with Crippen molar-refractivity contribution < 1.29 is 8.42 Å². The molecule has 0 aliphatic carbocycles. The summed E-state index contributed by atoms with van der Waals surface area (Å²) in [6.07, 6.45) is 6.70. The molecule has 7 nitrogen and oxygen atoms in total. The van der Waals surface area contributed by atoms with Gasteiger partial charge in [-0.3, -0.25) is 9.71 Å². The number of aryl methyl sites for hydroxylation is 1. The molecule has 0 radical (unpaired) electrons. The van der Waals surface area contributed by atoms with Gasteiger partial charge >= 0.3 is 0 Å². The van der Waals surface area contributed by atoms with Crippen molar-refractivity contribution in [1.29, 1.82) is 0 Å². The summed E-state index contributed by atoms with van der Waals surface area (Å²) in [4.78, 5) is 4.35. The Morgan fingerprint density at radius 3 is 2.60 bits per heavy atom. The second-order valence-corrected chi connectivity index (χ2v) is 7.50. The molecule has 0 fully saturated rings. The largest absolute Gasteiger partial charge is 0.284 e. The van der Waals surface area contributed by atoms with Crippen LogP contribution in [0.25, 0.3) is 16.9 Å². The first-order chi connectivity index (χ1) is 11.9. The minimum Gasteiger partial charge on any atom is -0.284 e. The van der Waals surface area contributed by atoms with Gasteiger partial charge in [0, 0.05) is 23.1 Å². The number of nitrogens with zero attached hydrogens (tertiary/aromatic N) is 4. The number of nitrogens with one attached hydrogen (secondary N) is 1. The number of hydrogen-bond acceptors (Lipinski definition) is 5. The number of hydrogen-bond donors (Lipinski definition) is 1. The van der Waals surface area contributed by atoms with Crippen LogP contribution in [0.5, 0.6) is 0 Å². The maximum atomic E-state index is 11.2. The summed E-state index contributed by atoms with van der Waals surface area (Å²) in [6.45, 7) is 2.12. The van der Waals surface area contributed by atoms with E-state index in [0.717, 1.165) is 41.7 Å². The zero-order chi connectivity index (χ0) is 17.9. The number of sulfonamides is 1. The van der Waals surface area contributed by atoms with Gasteiger partial charge in [0.1, 0.15) is 5.69 Å². The Morgan fingerprint density at radius 2 is 1.92 bits per heavy atom. The quantitative estimate of drug-likeness (QED) is 0.732. The molecule has 0 saturated heterocycles. The topological polar surface area (TPSA) is 89.8 Å². The summed E-state index contributed by atoms with van der Waals surface area (Å²) in [5.74, 6) is 0. The van der Waals surface area contributed by atoms with Crippen LogP contribution in [0.2, 0.25) is 0 Å². The number of aromatic nitrogens is 4. The highest BCUT2D eigenvalue weighted by Gasteiger charge is 2.07. The summed E-state index contributed by atoms with van der Waals surface area (Å²) < 4.78 is 26.6. The molecule has 3 aromatic rings. The van der Waals surface area contributed by atoms with Crippen molar-refractivity contribution in [2.24, 2.45) is 0 Å². The van der Waals surface area contributed by atoms with Crippen LogP contribution in [0.1, 0.15) is 19.0 Å². The Labute approximate surface area is 146 Å². The maximum absolute atomic E-state index is 11.2. The van der Waals surface area contributed by atoms with Gasteiger partial charge in [0.2, 0.25) is 10.0 Å². The number of rotatable bonds is 6. The SMILES string of the molecule is CCCc1cc(-c2cn(-c3ccc(NS(C)(=O)=O)cc3)nn2)ccn1. The standard InChI is InChI=1S/C17H19N5O2S/c1-3-4-15-11-13(9-10-18-15)17-12-22(21-19-17)16-7-5-14(6-8-16)20-25(2,23)24/h5-12,20H,3-4H2,1-2H3. The molecule has 0 bridgehead atoms. The molecule has 0 saturated carbocycles. The number of anilines is 1. The predicted octanol–water partition coefficient (Wildman–Crippen LogP) is 2.65. The molecule has 2 heterocycles. The van der Waals surface area contributed by atoms with Gasteiger partial charge in [0.15, 0.2) is 0 Å². The summed E-state index contributed by atoms with van der Waals surface area (Å²) >= 11 is 0. The van der Waals surface area contributed by atoms with Crippen molar-refractivity contribution in [3.05, 3.63) is 54.5 Å². The molecule has 0 unspecified atom stereocenters. The van der Waals surface area contributed by atoms with E-state index in [1.807, 2.05) is 18.3 Å². The van der Waals surface area contributed by atoms with Crippen LogP contribution in [-0.2, 0) is 16.4 Å². The third-order valence-electron chi connectivity index (χ3n) is 3.55. The average Bonchev–Trinajstić information content (AvgIpc) is 3.05. The Kier molecular flexibility index (Phi) is 4.80. The Balaban J connectivity index is 1.83. The first-order valence-electron chi connectivity index (χ1n) is 7.90. The molecule has 25 heavy (non-hydrogen) atoms. The first kappa shape index (κ1) is 17.1. The molecule has 0 atom stereocenters. The first-order valence-corrected chi connectivity index (χ1v) is 9.79. The minimum absolute atomic E-state index is 0.505. The molecule has 8 heteroatoms. The number of benzene rings is 1. The Bertz CT molecular complexity index is 965. The van der Waals surface area contributed by atoms with Crippen LogP contribution >= 0.6 is 0 Å². The van der Waals surface area contributed by atoms with Gasteiger partial charge in [0.25, 0.3) is 0 Å². The third-order valence-corrected chi connectivity index (χ3v) is 4.15. The second kappa shape index (κ2) is 7.02. The molecule has 1 aromatic carbocycles. The van der Waals surface area contributed by atoms with E-state index in [9.17, 15) is 8.42 Å². The van der Waals surface area contributed by atoms with Crippen LogP contribution in [0.3, 0.4) is 0 Å². The summed E-state index contributed by atoms with van der Waals surface area (Å²) in [5, 5.41) is 8.37. The molecular weight excluding hydrogens is 338 g/mol. The lowest BCUT2D eigenvalue weighted by molar-refractivity contribution is 0.607. The van der Waals surface area contributed by atoms with Crippen molar-refractivity contribution in [3.8, 4) is 16.9 Å². The summed E-state index contributed by atoms with van der Waals surface area (Å²) in [7, 11) is -3.29.